The van der Waals surface area contributed by atoms with Gasteiger partial charge < -0.3 is 10.2 Å². The summed E-state index contributed by atoms with van der Waals surface area (Å²) in [7, 11) is 0. The van der Waals surface area contributed by atoms with Crippen LogP contribution in [0.15, 0.2) is 12.1 Å². The molecule has 1 fully saturated rings. The Morgan fingerprint density at radius 2 is 1.85 bits per heavy atom. The molecule has 0 aliphatic carbocycles. The van der Waals surface area contributed by atoms with E-state index in [4.69, 9.17) is 0 Å². The quantitative estimate of drug-likeness (QED) is 0.858. The topological polar surface area (TPSA) is 15.3 Å². The lowest BCUT2D eigenvalue weighted by molar-refractivity contribution is 0.322. The molecule has 1 aliphatic heterocycles. The van der Waals surface area contributed by atoms with Gasteiger partial charge in [-0.15, -0.1) is 0 Å². The molecule has 20 heavy (non-hydrogen) atoms. The van der Waals surface area contributed by atoms with E-state index < -0.39 is 17.5 Å². The third kappa shape index (κ3) is 2.92. The number of hydrogen-bond donors (Lipinski definition) is 1. The first-order valence-electron chi connectivity index (χ1n) is 7.08. The molecule has 112 valence electrons. The summed E-state index contributed by atoms with van der Waals surface area (Å²) in [4.78, 5) is 1.86. The van der Waals surface area contributed by atoms with Crippen molar-refractivity contribution in [3.8, 4) is 0 Å². The molecule has 0 spiro atoms. The van der Waals surface area contributed by atoms with Crippen LogP contribution in [0.5, 0.6) is 0 Å². The van der Waals surface area contributed by atoms with E-state index in [-0.39, 0.29) is 17.8 Å². The fraction of sp³-hybridized carbons (Fsp3) is 0.600. The molecular weight excluding hydrogens is 265 g/mol. The van der Waals surface area contributed by atoms with Crippen molar-refractivity contribution in [2.75, 3.05) is 18.0 Å². The molecule has 5 heteroatoms. The van der Waals surface area contributed by atoms with Crippen LogP contribution in [0.2, 0.25) is 0 Å². The Morgan fingerprint density at radius 3 is 2.45 bits per heavy atom. The average Bonchev–Trinajstić information content (AvgIpc) is 2.42. The molecule has 1 heterocycles. The molecule has 2 atom stereocenters. The molecule has 1 aromatic rings. The van der Waals surface area contributed by atoms with E-state index in [1.54, 1.807) is 0 Å². The molecular formula is C15H21F3N2. The van der Waals surface area contributed by atoms with Crippen molar-refractivity contribution in [1.82, 2.24) is 5.32 Å². The van der Waals surface area contributed by atoms with Crippen LogP contribution in [-0.4, -0.2) is 25.2 Å². The Morgan fingerprint density at radius 1 is 1.20 bits per heavy atom. The van der Waals surface area contributed by atoms with Crippen molar-refractivity contribution >= 4 is 5.69 Å². The molecule has 0 amide bonds. The van der Waals surface area contributed by atoms with Gasteiger partial charge in [-0.25, -0.2) is 13.2 Å². The van der Waals surface area contributed by atoms with Crippen LogP contribution >= 0.6 is 0 Å². The van der Waals surface area contributed by atoms with Gasteiger partial charge >= 0.3 is 0 Å². The molecule has 0 saturated carbocycles. The predicted octanol–water partition coefficient (Wildman–Crippen LogP) is 3.32. The van der Waals surface area contributed by atoms with E-state index in [1.807, 2.05) is 11.8 Å². The van der Waals surface area contributed by atoms with Crippen LogP contribution in [0.4, 0.5) is 18.9 Å². The van der Waals surface area contributed by atoms with Crippen LogP contribution in [-0.2, 0) is 0 Å². The van der Waals surface area contributed by atoms with E-state index in [9.17, 15) is 13.2 Å². The van der Waals surface area contributed by atoms with Gasteiger partial charge in [0.05, 0.1) is 5.69 Å². The molecule has 1 saturated heterocycles. The number of nitrogens with one attached hydrogen (secondary N) is 1. The van der Waals surface area contributed by atoms with Crippen LogP contribution in [0.3, 0.4) is 0 Å². The molecule has 0 radical (unpaired) electrons. The minimum Gasteiger partial charge on any atom is -0.363 e. The van der Waals surface area contributed by atoms with Crippen molar-refractivity contribution in [2.24, 2.45) is 5.92 Å². The van der Waals surface area contributed by atoms with E-state index in [0.29, 0.717) is 18.5 Å². The summed E-state index contributed by atoms with van der Waals surface area (Å²) >= 11 is 0. The maximum atomic E-state index is 14.0. The normalized spacial score (nSPS) is 23.4. The standard InChI is InChI=1S/C15H21F3N2/c1-4-10-7-19-14(9(2)3)8-20(10)15-6-12(17)11(16)5-13(15)18/h5-6,9-10,14,19H,4,7-8H2,1-3H3. The Bertz CT molecular complexity index is 476. The first-order valence-corrected chi connectivity index (χ1v) is 7.08. The Hall–Kier alpha value is -1.23. The molecule has 2 unspecified atom stereocenters. The lowest BCUT2D eigenvalue weighted by Crippen LogP contribution is -2.58. The highest BCUT2D eigenvalue weighted by Crippen LogP contribution is 2.28. The highest BCUT2D eigenvalue weighted by molar-refractivity contribution is 5.50. The van der Waals surface area contributed by atoms with Crippen LogP contribution in [0.1, 0.15) is 27.2 Å². The highest BCUT2D eigenvalue weighted by atomic mass is 19.2. The summed E-state index contributed by atoms with van der Waals surface area (Å²) < 4.78 is 40.5. The Balaban J connectivity index is 2.33. The van der Waals surface area contributed by atoms with Gasteiger partial charge in [-0.2, -0.15) is 0 Å². The van der Waals surface area contributed by atoms with E-state index in [1.165, 1.54) is 0 Å². The molecule has 0 bridgehead atoms. The van der Waals surface area contributed by atoms with Gasteiger partial charge in [0, 0.05) is 37.3 Å². The third-order valence-electron chi connectivity index (χ3n) is 4.02. The number of rotatable bonds is 3. The average molecular weight is 286 g/mol. The van der Waals surface area contributed by atoms with Gasteiger partial charge in [-0.3, -0.25) is 0 Å². The van der Waals surface area contributed by atoms with Gasteiger partial charge in [0.15, 0.2) is 11.6 Å². The molecule has 0 aromatic heterocycles. The summed E-state index contributed by atoms with van der Waals surface area (Å²) in [5.41, 5.74) is 0.155. The summed E-state index contributed by atoms with van der Waals surface area (Å²) in [6, 6.07) is 1.90. The van der Waals surface area contributed by atoms with Gasteiger partial charge in [0.1, 0.15) is 5.82 Å². The van der Waals surface area contributed by atoms with Gasteiger partial charge in [-0.05, 0) is 12.3 Å². The van der Waals surface area contributed by atoms with Crippen LogP contribution in [0.25, 0.3) is 0 Å². The highest BCUT2D eigenvalue weighted by Gasteiger charge is 2.30. The zero-order chi connectivity index (χ0) is 14.9. The number of halogens is 3. The molecule has 1 aromatic carbocycles. The lowest BCUT2D eigenvalue weighted by Gasteiger charge is -2.43. The van der Waals surface area contributed by atoms with Crippen molar-refractivity contribution < 1.29 is 13.2 Å². The predicted molar refractivity (Wildman–Crippen MR) is 74.4 cm³/mol. The summed E-state index contributed by atoms with van der Waals surface area (Å²) in [6.07, 6.45) is 0.816. The van der Waals surface area contributed by atoms with Crippen molar-refractivity contribution in [3.63, 3.8) is 0 Å². The Kier molecular flexibility index (Phi) is 4.58. The maximum absolute atomic E-state index is 14.0. The molecule has 2 nitrogen and oxygen atoms in total. The maximum Gasteiger partial charge on any atom is 0.161 e. The van der Waals surface area contributed by atoms with Crippen molar-refractivity contribution in [2.45, 2.75) is 39.3 Å². The van der Waals surface area contributed by atoms with Crippen LogP contribution < -0.4 is 10.2 Å². The zero-order valence-corrected chi connectivity index (χ0v) is 12.1. The number of anilines is 1. The van der Waals surface area contributed by atoms with Crippen LogP contribution in [0, 0.1) is 23.4 Å². The monoisotopic (exact) mass is 286 g/mol. The van der Waals surface area contributed by atoms with Gasteiger partial charge in [0.25, 0.3) is 0 Å². The minimum atomic E-state index is -1.14. The first-order chi connectivity index (χ1) is 9.43. The second-order valence-electron chi connectivity index (χ2n) is 5.69. The summed E-state index contributed by atoms with van der Waals surface area (Å²) in [5, 5.41) is 3.43. The second kappa shape index (κ2) is 6.04. The van der Waals surface area contributed by atoms with Gasteiger partial charge in [-0.1, -0.05) is 20.8 Å². The minimum absolute atomic E-state index is 0.0874. The zero-order valence-electron chi connectivity index (χ0n) is 12.1. The summed E-state index contributed by atoms with van der Waals surface area (Å²) in [6.45, 7) is 7.50. The van der Waals surface area contributed by atoms with E-state index in [2.05, 4.69) is 19.2 Å². The first kappa shape index (κ1) is 15.2. The number of benzene rings is 1. The van der Waals surface area contributed by atoms with Gasteiger partial charge in [0.2, 0.25) is 0 Å². The lowest BCUT2D eigenvalue weighted by atomic mass is 9.97. The molecule has 1 N–H and O–H groups in total. The number of nitrogens with zero attached hydrogens (tertiary/aromatic N) is 1. The van der Waals surface area contributed by atoms with E-state index >= 15 is 0 Å². The fourth-order valence-electron chi connectivity index (χ4n) is 2.66. The fourth-order valence-corrected chi connectivity index (χ4v) is 2.66. The largest absolute Gasteiger partial charge is 0.363 e. The SMILES string of the molecule is CCC1CNC(C(C)C)CN1c1cc(F)c(F)cc1F. The third-order valence-corrected chi connectivity index (χ3v) is 4.02. The Labute approximate surface area is 118 Å². The number of piperazine rings is 1. The summed E-state index contributed by atoms with van der Waals surface area (Å²) in [5.74, 6) is -2.46. The van der Waals surface area contributed by atoms with Crippen molar-refractivity contribution in [1.29, 1.82) is 0 Å². The molecule has 1 aliphatic rings. The smallest absolute Gasteiger partial charge is 0.161 e. The second-order valence-corrected chi connectivity index (χ2v) is 5.69. The van der Waals surface area contributed by atoms with E-state index in [0.717, 1.165) is 19.0 Å². The van der Waals surface area contributed by atoms with Crippen molar-refractivity contribution in [3.05, 3.63) is 29.6 Å². The molecule has 2 rings (SSSR count). The number of hydrogen-bond acceptors (Lipinski definition) is 2.